The number of hydrogen-bond acceptors (Lipinski definition) is 4. The fourth-order valence-electron chi connectivity index (χ4n) is 2.10. The summed E-state index contributed by atoms with van der Waals surface area (Å²) < 4.78 is 2.99. The maximum Gasteiger partial charge on any atom is 0.0766 e. The van der Waals surface area contributed by atoms with E-state index in [0.29, 0.717) is 0 Å². The molecule has 2 aromatic rings. The van der Waals surface area contributed by atoms with Gasteiger partial charge in [0.25, 0.3) is 0 Å². The molecule has 3 N–H and O–H groups in total. The summed E-state index contributed by atoms with van der Waals surface area (Å²) in [6.45, 7) is 2.10. The first kappa shape index (κ1) is 14.2. The summed E-state index contributed by atoms with van der Waals surface area (Å²) in [6, 6.07) is 3.98. The van der Waals surface area contributed by atoms with Crippen LogP contribution in [0.1, 0.15) is 29.9 Å². The Morgan fingerprint density at radius 1 is 1.42 bits per heavy atom. The van der Waals surface area contributed by atoms with Crippen LogP contribution in [0.4, 0.5) is 0 Å². The minimum absolute atomic E-state index is 0.0411. The molecule has 2 aromatic heterocycles. The van der Waals surface area contributed by atoms with Gasteiger partial charge >= 0.3 is 0 Å². The standard InChI is InChI=1S/C13H18BrN5/c1-3-10-13(14)12(19(2)18-10)8-11(17-15)9-4-6-16-7-5-9/h4-7,11,17H,3,8,15H2,1-2H3. The molecule has 2 heterocycles. The molecular weight excluding hydrogens is 306 g/mol. The Hall–Kier alpha value is -1.24. The maximum atomic E-state index is 5.68. The maximum absolute atomic E-state index is 5.68. The third kappa shape index (κ3) is 3.02. The van der Waals surface area contributed by atoms with Gasteiger partial charge in [-0.25, -0.2) is 0 Å². The van der Waals surface area contributed by atoms with Crippen molar-refractivity contribution in [3.05, 3.63) is 46.0 Å². The molecule has 19 heavy (non-hydrogen) atoms. The average Bonchev–Trinajstić information content (AvgIpc) is 2.72. The molecule has 0 amide bonds. The van der Waals surface area contributed by atoms with Crippen molar-refractivity contribution in [2.45, 2.75) is 25.8 Å². The molecule has 102 valence electrons. The predicted octanol–water partition coefficient (Wildman–Crippen LogP) is 1.89. The Bertz CT molecular complexity index is 537. The number of pyridine rings is 1. The van der Waals surface area contributed by atoms with Gasteiger partial charge in [-0.3, -0.25) is 20.9 Å². The van der Waals surface area contributed by atoms with Crippen molar-refractivity contribution in [1.82, 2.24) is 20.2 Å². The first-order valence-corrected chi connectivity index (χ1v) is 7.03. The highest BCUT2D eigenvalue weighted by Gasteiger charge is 2.18. The van der Waals surface area contributed by atoms with Crippen LogP contribution < -0.4 is 11.3 Å². The largest absolute Gasteiger partial charge is 0.271 e. The first-order chi connectivity index (χ1) is 9.17. The Morgan fingerprint density at radius 3 is 2.63 bits per heavy atom. The SMILES string of the molecule is CCc1nn(C)c(CC(NN)c2ccncc2)c1Br. The summed E-state index contributed by atoms with van der Waals surface area (Å²) in [5.74, 6) is 5.68. The van der Waals surface area contributed by atoms with E-state index in [9.17, 15) is 0 Å². The minimum atomic E-state index is 0.0411. The second kappa shape index (κ2) is 6.27. The summed E-state index contributed by atoms with van der Waals surface area (Å²) >= 11 is 3.63. The Morgan fingerprint density at radius 2 is 2.11 bits per heavy atom. The number of nitrogens with one attached hydrogen (secondary N) is 1. The van der Waals surface area contributed by atoms with Crippen molar-refractivity contribution in [2.24, 2.45) is 12.9 Å². The number of rotatable bonds is 5. The van der Waals surface area contributed by atoms with Crippen molar-refractivity contribution in [2.75, 3.05) is 0 Å². The zero-order valence-electron chi connectivity index (χ0n) is 11.1. The van der Waals surface area contributed by atoms with E-state index in [1.54, 1.807) is 12.4 Å². The number of nitrogens with zero attached hydrogens (tertiary/aromatic N) is 3. The average molecular weight is 324 g/mol. The molecule has 6 heteroatoms. The van der Waals surface area contributed by atoms with E-state index in [2.05, 4.69) is 38.4 Å². The molecule has 0 spiro atoms. The van der Waals surface area contributed by atoms with Gasteiger partial charge < -0.3 is 0 Å². The van der Waals surface area contributed by atoms with Crippen LogP contribution in [0.15, 0.2) is 29.0 Å². The van der Waals surface area contributed by atoms with Gasteiger partial charge in [0.15, 0.2) is 0 Å². The third-order valence-corrected chi connectivity index (χ3v) is 4.13. The van der Waals surface area contributed by atoms with Gasteiger partial charge in [-0.1, -0.05) is 6.92 Å². The molecule has 0 aliphatic heterocycles. The van der Waals surface area contributed by atoms with E-state index < -0.39 is 0 Å². The third-order valence-electron chi connectivity index (χ3n) is 3.21. The second-order valence-electron chi connectivity index (χ2n) is 4.39. The monoisotopic (exact) mass is 323 g/mol. The fraction of sp³-hybridized carbons (Fsp3) is 0.385. The molecule has 1 unspecified atom stereocenters. The lowest BCUT2D eigenvalue weighted by Crippen LogP contribution is -2.30. The number of aromatic nitrogens is 3. The van der Waals surface area contributed by atoms with Gasteiger partial charge in [-0.2, -0.15) is 5.10 Å². The molecule has 0 aliphatic rings. The van der Waals surface area contributed by atoms with Crippen LogP contribution in [0.25, 0.3) is 0 Å². The lowest BCUT2D eigenvalue weighted by atomic mass is 10.0. The predicted molar refractivity (Wildman–Crippen MR) is 78.3 cm³/mol. The van der Waals surface area contributed by atoms with Gasteiger partial charge in [0, 0.05) is 25.9 Å². The molecule has 0 fully saturated rings. The van der Waals surface area contributed by atoms with Crippen molar-refractivity contribution in [3.8, 4) is 0 Å². The fourth-order valence-corrected chi connectivity index (χ4v) is 2.88. The highest BCUT2D eigenvalue weighted by molar-refractivity contribution is 9.10. The molecule has 0 aromatic carbocycles. The topological polar surface area (TPSA) is 68.8 Å². The zero-order valence-corrected chi connectivity index (χ0v) is 12.7. The van der Waals surface area contributed by atoms with Gasteiger partial charge in [0.1, 0.15) is 0 Å². The van der Waals surface area contributed by atoms with Crippen molar-refractivity contribution in [3.63, 3.8) is 0 Å². The van der Waals surface area contributed by atoms with Gasteiger partial charge in [-0.15, -0.1) is 0 Å². The lowest BCUT2D eigenvalue weighted by molar-refractivity contribution is 0.528. The van der Waals surface area contributed by atoms with E-state index in [-0.39, 0.29) is 6.04 Å². The van der Waals surface area contributed by atoms with E-state index >= 15 is 0 Å². The van der Waals surface area contributed by atoms with E-state index in [4.69, 9.17) is 5.84 Å². The van der Waals surface area contributed by atoms with Gasteiger partial charge in [-0.05, 0) is 40.0 Å². The summed E-state index contributed by atoms with van der Waals surface area (Å²) in [4.78, 5) is 4.03. The molecular formula is C13H18BrN5. The van der Waals surface area contributed by atoms with Crippen LogP contribution in [0.5, 0.6) is 0 Å². The lowest BCUT2D eigenvalue weighted by Gasteiger charge is -2.16. The van der Waals surface area contributed by atoms with Gasteiger partial charge in [0.05, 0.1) is 21.9 Å². The summed E-state index contributed by atoms with van der Waals surface area (Å²) in [6.07, 6.45) is 5.22. The van der Waals surface area contributed by atoms with Crippen LogP contribution in [0.3, 0.4) is 0 Å². The zero-order chi connectivity index (χ0) is 13.8. The first-order valence-electron chi connectivity index (χ1n) is 6.23. The number of nitrogens with two attached hydrogens (primary N) is 1. The molecule has 0 aliphatic carbocycles. The van der Waals surface area contributed by atoms with Crippen molar-refractivity contribution < 1.29 is 0 Å². The molecule has 0 radical (unpaired) electrons. The van der Waals surface area contributed by atoms with Crippen LogP contribution in [0.2, 0.25) is 0 Å². The number of aryl methyl sites for hydroxylation is 2. The minimum Gasteiger partial charge on any atom is -0.271 e. The quantitative estimate of drug-likeness (QED) is 0.651. The summed E-state index contributed by atoms with van der Waals surface area (Å²) in [7, 11) is 1.96. The van der Waals surface area contributed by atoms with Crippen LogP contribution in [-0.2, 0) is 19.9 Å². The highest BCUT2D eigenvalue weighted by Crippen LogP contribution is 2.26. The van der Waals surface area contributed by atoms with Crippen LogP contribution >= 0.6 is 15.9 Å². The van der Waals surface area contributed by atoms with E-state index in [1.165, 1.54) is 0 Å². The highest BCUT2D eigenvalue weighted by atomic mass is 79.9. The molecule has 0 bridgehead atoms. The van der Waals surface area contributed by atoms with Crippen molar-refractivity contribution in [1.29, 1.82) is 0 Å². The molecule has 5 nitrogen and oxygen atoms in total. The smallest absolute Gasteiger partial charge is 0.0766 e. The molecule has 0 saturated carbocycles. The molecule has 1 atom stereocenters. The molecule has 2 rings (SSSR count). The normalized spacial score (nSPS) is 12.6. The van der Waals surface area contributed by atoms with E-state index in [1.807, 2.05) is 23.9 Å². The van der Waals surface area contributed by atoms with Crippen LogP contribution in [-0.4, -0.2) is 14.8 Å². The number of hydrogen-bond donors (Lipinski definition) is 2. The summed E-state index contributed by atoms with van der Waals surface area (Å²) in [5, 5.41) is 4.50. The van der Waals surface area contributed by atoms with Crippen LogP contribution in [0, 0.1) is 0 Å². The second-order valence-corrected chi connectivity index (χ2v) is 5.18. The Kier molecular flexibility index (Phi) is 4.68. The van der Waals surface area contributed by atoms with Gasteiger partial charge in [0.2, 0.25) is 0 Å². The molecule has 0 saturated heterocycles. The number of hydrazine groups is 1. The Labute approximate surface area is 121 Å². The number of halogens is 1. The summed E-state index contributed by atoms with van der Waals surface area (Å²) in [5.41, 5.74) is 6.18. The Balaban J connectivity index is 2.26. The van der Waals surface area contributed by atoms with Crippen molar-refractivity contribution >= 4 is 15.9 Å². The van der Waals surface area contributed by atoms with E-state index in [0.717, 1.165) is 34.3 Å².